The minimum atomic E-state index is -1.00. The Kier molecular flexibility index (Phi) is 3.28. The highest BCUT2D eigenvalue weighted by atomic mass is 16.4. The van der Waals surface area contributed by atoms with Crippen molar-refractivity contribution < 1.29 is 9.90 Å². The smallest absolute Gasteiger partial charge is 0.330 e. The van der Waals surface area contributed by atoms with E-state index in [1.165, 1.54) is 0 Å². The molecule has 0 saturated heterocycles. The van der Waals surface area contributed by atoms with Crippen LogP contribution >= 0.6 is 0 Å². The van der Waals surface area contributed by atoms with Crippen molar-refractivity contribution in [2.75, 3.05) is 5.32 Å². The third-order valence-corrected chi connectivity index (χ3v) is 3.25. The number of allylic oxidation sites excluding steroid dienone is 1. The van der Waals surface area contributed by atoms with Gasteiger partial charge in [0.05, 0.1) is 22.8 Å². The Hall–Kier alpha value is -2.88. The Balaban J connectivity index is 2.15. The average Bonchev–Trinajstić information content (AvgIpc) is 2.47. The normalized spacial score (nSPS) is 15.1. The Morgan fingerprint density at radius 2 is 1.86 bits per heavy atom. The SMILES string of the molecule is Cc1ccc(C2=Nc3ccccc3NC2=CC(=O)O)cc1. The fourth-order valence-corrected chi connectivity index (χ4v) is 2.22. The van der Waals surface area contributed by atoms with Gasteiger partial charge in [-0.1, -0.05) is 42.0 Å². The number of hydrogen-bond donors (Lipinski definition) is 2. The number of nitrogens with one attached hydrogen (secondary N) is 1. The maximum absolute atomic E-state index is 11.0. The summed E-state index contributed by atoms with van der Waals surface area (Å²) in [5, 5.41) is 12.2. The molecule has 2 aromatic rings. The summed E-state index contributed by atoms with van der Waals surface area (Å²) in [6, 6.07) is 15.4. The van der Waals surface area contributed by atoms with Crippen LogP contribution in [0.1, 0.15) is 11.1 Å². The van der Waals surface area contributed by atoms with Gasteiger partial charge in [-0.05, 0) is 19.1 Å². The fraction of sp³-hybridized carbons (Fsp3) is 0.0588. The van der Waals surface area contributed by atoms with Gasteiger partial charge in [-0.25, -0.2) is 9.79 Å². The molecule has 3 rings (SSSR count). The quantitative estimate of drug-likeness (QED) is 0.826. The minimum Gasteiger partial charge on any atom is -0.478 e. The molecule has 0 saturated carbocycles. The second-order valence-corrected chi connectivity index (χ2v) is 4.86. The number of aliphatic carboxylic acids is 1. The molecule has 0 spiro atoms. The highest BCUT2D eigenvalue weighted by Gasteiger charge is 2.18. The van der Waals surface area contributed by atoms with Crippen LogP contribution < -0.4 is 5.32 Å². The first-order valence-electron chi connectivity index (χ1n) is 6.60. The molecule has 4 heteroatoms. The maximum atomic E-state index is 11.0. The molecule has 0 fully saturated rings. The minimum absolute atomic E-state index is 0.491. The number of aliphatic imine (C=N–C) groups is 1. The maximum Gasteiger partial charge on any atom is 0.330 e. The van der Waals surface area contributed by atoms with E-state index in [0.29, 0.717) is 11.4 Å². The van der Waals surface area contributed by atoms with E-state index in [0.717, 1.165) is 28.6 Å². The van der Waals surface area contributed by atoms with E-state index in [1.807, 2.05) is 55.5 Å². The lowest BCUT2D eigenvalue weighted by molar-refractivity contribution is -0.131. The average molecular weight is 278 g/mol. The lowest BCUT2D eigenvalue weighted by Gasteiger charge is -2.20. The molecule has 21 heavy (non-hydrogen) atoms. The van der Waals surface area contributed by atoms with Gasteiger partial charge in [0.1, 0.15) is 0 Å². The number of carboxylic acids is 1. The highest BCUT2D eigenvalue weighted by Crippen LogP contribution is 2.32. The standard InChI is InChI=1S/C17H14N2O2/c1-11-6-8-12(9-7-11)17-15(10-16(20)21)18-13-4-2-3-5-14(13)19-17/h2-10,18H,1H3,(H,20,21). The first kappa shape index (κ1) is 13.1. The third-order valence-electron chi connectivity index (χ3n) is 3.25. The number of fused-ring (bicyclic) bond motifs is 1. The van der Waals surface area contributed by atoms with Gasteiger partial charge in [0.2, 0.25) is 0 Å². The molecule has 0 atom stereocenters. The van der Waals surface area contributed by atoms with Gasteiger partial charge in [0.15, 0.2) is 0 Å². The summed E-state index contributed by atoms with van der Waals surface area (Å²) in [5.41, 5.74) is 4.76. The number of anilines is 1. The molecule has 0 aromatic heterocycles. The zero-order valence-electron chi connectivity index (χ0n) is 11.5. The lowest BCUT2D eigenvalue weighted by atomic mass is 10.0. The Labute approximate surface area is 122 Å². The van der Waals surface area contributed by atoms with Crippen molar-refractivity contribution in [2.24, 2.45) is 4.99 Å². The molecule has 0 radical (unpaired) electrons. The summed E-state index contributed by atoms with van der Waals surface area (Å²) in [6.07, 6.45) is 1.15. The van der Waals surface area contributed by atoms with Crippen molar-refractivity contribution in [3.63, 3.8) is 0 Å². The highest BCUT2D eigenvalue weighted by molar-refractivity contribution is 6.19. The Bertz CT molecular complexity index is 759. The van der Waals surface area contributed by atoms with Crippen LogP contribution in [-0.4, -0.2) is 16.8 Å². The van der Waals surface area contributed by atoms with Crippen LogP contribution in [-0.2, 0) is 4.79 Å². The number of hydrogen-bond acceptors (Lipinski definition) is 3. The molecule has 0 amide bonds. The van der Waals surface area contributed by atoms with Crippen molar-refractivity contribution in [2.45, 2.75) is 6.92 Å². The number of benzene rings is 2. The lowest BCUT2D eigenvalue weighted by Crippen LogP contribution is -2.18. The van der Waals surface area contributed by atoms with Crippen molar-refractivity contribution >= 4 is 23.1 Å². The molecule has 0 unspecified atom stereocenters. The molecule has 104 valence electrons. The first-order valence-corrected chi connectivity index (χ1v) is 6.60. The van der Waals surface area contributed by atoms with E-state index in [1.54, 1.807) is 0 Å². The predicted molar refractivity (Wildman–Crippen MR) is 83.2 cm³/mol. The molecule has 0 bridgehead atoms. The van der Waals surface area contributed by atoms with Gasteiger partial charge in [-0.3, -0.25) is 0 Å². The van der Waals surface area contributed by atoms with E-state index in [2.05, 4.69) is 10.3 Å². The summed E-state index contributed by atoms with van der Waals surface area (Å²) in [4.78, 5) is 15.6. The van der Waals surface area contributed by atoms with E-state index in [9.17, 15) is 4.79 Å². The van der Waals surface area contributed by atoms with Crippen LogP contribution in [0.25, 0.3) is 0 Å². The van der Waals surface area contributed by atoms with E-state index >= 15 is 0 Å². The van der Waals surface area contributed by atoms with E-state index < -0.39 is 5.97 Å². The number of carbonyl (C=O) groups is 1. The van der Waals surface area contributed by atoms with Crippen molar-refractivity contribution in [3.05, 3.63) is 71.4 Å². The fourth-order valence-electron chi connectivity index (χ4n) is 2.22. The van der Waals surface area contributed by atoms with E-state index in [4.69, 9.17) is 5.11 Å². The van der Waals surface area contributed by atoms with Crippen LogP contribution in [0, 0.1) is 6.92 Å². The van der Waals surface area contributed by atoms with E-state index in [-0.39, 0.29) is 0 Å². The van der Waals surface area contributed by atoms with Crippen LogP contribution in [0.2, 0.25) is 0 Å². The predicted octanol–water partition coefficient (Wildman–Crippen LogP) is 3.51. The van der Waals surface area contributed by atoms with Gasteiger partial charge < -0.3 is 10.4 Å². The van der Waals surface area contributed by atoms with Crippen LogP contribution in [0.3, 0.4) is 0 Å². The van der Waals surface area contributed by atoms with Crippen LogP contribution in [0.4, 0.5) is 11.4 Å². The summed E-state index contributed by atoms with van der Waals surface area (Å²) < 4.78 is 0. The van der Waals surface area contributed by atoms with Gasteiger partial charge in [-0.15, -0.1) is 0 Å². The number of aryl methyl sites for hydroxylation is 1. The second-order valence-electron chi connectivity index (χ2n) is 4.86. The van der Waals surface area contributed by atoms with Crippen molar-refractivity contribution in [1.82, 2.24) is 0 Å². The second kappa shape index (κ2) is 5.25. The molecule has 4 nitrogen and oxygen atoms in total. The Morgan fingerprint density at radius 1 is 1.14 bits per heavy atom. The number of carboxylic acid groups (broad SMARTS) is 1. The molecule has 2 aromatic carbocycles. The van der Waals surface area contributed by atoms with Gasteiger partial charge in [0.25, 0.3) is 0 Å². The van der Waals surface area contributed by atoms with Crippen LogP contribution in [0.15, 0.2) is 65.3 Å². The number of nitrogens with zero attached hydrogens (tertiary/aromatic N) is 1. The molecular formula is C17H14N2O2. The topological polar surface area (TPSA) is 61.7 Å². The molecule has 2 N–H and O–H groups in total. The number of para-hydroxylation sites is 2. The summed E-state index contributed by atoms with van der Waals surface area (Å²) in [7, 11) is 0. The zero-order chi connectivity index (χ0) is 14.8. The summed E-state index contributed by atoms with van der Waals surface area (Å²) in [6.45, 7) is 2.01. The summed E-state index contributed by atoms with van der Waals surface area (Å²) >= 11 is 0. The monoisotopic (exact) mass is 278 g/mol. The van der Waals surface area contributed by atoms with Gasteiger partial charge in [0, 0.05) is 11.6 Å². The molecule has 1 heterocycles. The van der Waals surface area contributed by atoms with Crippen molar-refractivity contribution in [1.29, 1.82) is 0 Å². The Morgan fingerprint density at radius 3 is 2.57 bits per heavy atom. The summed E-state index contributed by atoms with van der Waals surface area (Å²) in [5.74, 6) is -1.00. The molecule has 0 aliphatic carbocycles. The molecule has 1 aliphatic rings. The van der Waals surface area contributed by atoms with Crippen LogP contribution in [0.5, 0.6) is 0 Å². The zero-order valence-corrected chi connectivity index (χ0v) is 11.5. The first-order chi connectivity index (χ1) is 10.1. The van der Waals surface area contributed by atoms with Crippen molar-refractivity contribution in [3.8, 4) is 0 Å². The molecular weight excluding hydrogens is 264 g/mol. The van der Waals surface area contributed by atoms with Gasteiger partial charge in [-0.2, -0.15) is 0 Å². The third kappa shape index (κ3) is 2.69. The number of rotatable bonds is 2. The van der Waals surface area contributed by atoms with Gasteiger partial charge >= 0.3 is 5.97 Å². The largest absolute Gasteiger partial charge is 0.478 e. The molecule has 1 aliphatic heterocycles.